The van der Waals surface area contributed by atoms with Gasteiger partial charge in [-0.25, -0.2) is 0 Å². The molecule has 0 bridgehead atoms. The van der Waals surface area contributed by atoms with E-state index in [2.05, 4.69) is 10.4 Å². The summed E-state index contributed by atoms with van der Waals surface area (Å²) in [6.45, 7) is -0.134. The summed E-state index contributed by atoms with van der Waals surface area (Å²) in [7, 11) is 1.66. The van der Waals surface area contributed by atoms with Gasteiger partial charge in [0.1, 0.15) is 5.82 Å². The first-order chi connectivity index (χ1) is 6.01. The molecule has 0 spiro atoms. The van der Waals surface area contributed by atoms with Crippen LogP contribution in [0.2, 0.25) is 0 Å². The molecule has 1 rings (SSSR count). The quantitative estimate of drug-likeness (QED) is 0.794. The number of rotatable bonds is 3. The average molecular weight is 193 g/mol. The molecule has 0 aromatic carbocycles. The van der Waals surface area contributed by atoms with Crippen LogP contribution >= 0.6 is 0 Å². The van der Waals surface area contributed by atoms with E-state index in [1.165, 1.54) is 10.9 Å². The number of alkyl halides is 3. The molecule has 0 fully saturated rings. The summed E-state index contributed by atoms with van der Waals surface area (Å²) in [5.41, 5.74) is 0. The summed E-state index contributed by atoms with van der Waals surface area (Å²) in [4.78, 5) is 0. The molecule has 0 saturated heterocycles. The van der Waals surface area contributed by atoms with Gasteiger partial charge in [0, 0.05) is 25.9 Å². The van der Waals surface area contributed by atoms with Gasteiger partial charge < -0.3 is 5.32 Å². The first-order valence-corrected chi connectivity index (χ1v) is 3.79. The van der Waals surface area contributed by atoms with Gasteiger partial charge >= 0.3 is 6.18 Å². The second-order valence-corrected chi connectivity index (χ2v) is 2.58. The lowest BCUT2D eigenvalue weighted by atomic mass is 10.4. The fraction of sp³-hybridized carbons (Fsp3) is 0.571. The van der Waals surface area contributed by atoms with E-state index in [1.54, 1.807) is 13.1 Å². The van der Waals surface area contributed by atoms with Crippen LogP contribution in [0.25, 0.3) is 0 Å². The molecule has 0 amide bonds. The molecule has 0 aliphatic rings. The molecule has 1 heterocycles. The summed E-state index contributed by atoms with van der Waals surface area (Å²) in [6, 6.07) is 1.62. The molecule has 74 valence electrons. The molecule has 0 radical (unpaired) electrons. The van der Waals surface area contributed by atoms with Crippen molar-refractivity contribution in [2.75, 3.05) is 12.4 Å². The third kappa shape index (κ3) is 3.35. The Morgan fingerprint density at radius 2 is 2.23 bits per heavy atom. The van der Waals surface area contributed by atoms with Gasteiger partial charge in [-0.05, 0) is 0 Å². The average Bonchev–Trinajstić information content (AvgIpc) is 2.47. The first-order valence-electron chi connectivity index (χ1n) is 3.79. The minimum absolute atomic E-state index is 0.134. The fourth-order valence-electron chi connectivity index (χ4n) is 0.861. The van der Waals surface area contributed by atoms with Gasteiger partial charge in [0.25, 0.3) is 0 Å². The van der Waals surface area contributed by atoms with Crippen molar-refractivity contribution in [3.05, 3.63) is 12.3 Å². The second-order valence-electron chi connectivity index (χ2n) is 2.58. The van der Waals surface area contributed by atoms with E-state index in [4.69, 9.17) is 0 Å². The van der Waals surface area contributed by atoms with Crippen LogP contribution in [0.1, 0.15) is 6.42 Å². The van der Waals surface area contributed by atoms with Crippen LogP contribution in [0.5, 0.6) is 0 Å². The molecule has 13 heavy (non-hydrogen) atoms. The van der Waals surface area contributed by atoms with Crippen molar-refractivity contribution in [1.82, 2.24) is 9.78 Å². The number of aromatic nitrogens is 2. The minimum atomic E-state index is -4.12. The maximum atomic E-state index is 11.8. The van der Waals surface area contributed by atoms with Crippen molar-refractivity contribution in [3.8, 4) is 0 Å². The third-order valence-corrected chi connectivity index (χ3v) is 1.52. The van der Waals surface area contributed by atoms with E-state index in [0.29, 0.717) is 5.82 Å². The van der Waals surface area contributed by atoms with E-state index in [1.807, 2.05) is 0 Å². The Morgan fingerprint density at radius 3 is 2.69 bits per heavy atom. The normalized spacial score (nSPS) is 11.7. The van der Waals surface area contributed by atoms with Crippen molar-refractivity contribution in [3.63, 3.8) is 0 Å². The van der Waals surface area contributed by atoms with Crippen molar-refractivity contribution < 1.29 is 13.2 Å². The number of aryl methyl sites for hydroxylation is 1. The summed E-state index contributed by atoms with van der Waals surface area (Å²) >= 11 is 0. The van der Waals surface area contributed by atoms with E-state index < -0.39 is 12.6 Å². The molecule has 0 atom stereocenters. The number of nitrogens with zero attached hydrogens (tertiary/aromatic N) is 2. The number of halogens is 3. The molecule has 0 aliphatic carbocycles. The molecule has 1 aromatic rings. The van der Waals surface area contributed by atoms with Crippen LogP contribution in [0.4, 0.5) is 19.0 Å². The van der Waals surface area contributed by atoms with E-state index in [0.717, 1.165) is 0 Å². The zero-order valence-corrected chi connectivity index (χ0v) is 7.10. The Labute approximate surface area is 73.5 Å². The Hall–Kier alpha value is -1.20. The molecule has 0 saturated carbocycles. The lowest BCUT2D eigenvalue weighted by Gasteiger charge is -2.05. The topological polar surface area (TPSA) is 29.9 Å². The highest BCUT2D eigenvalue weighted by Gasteiger charge is 2.26. The molecular weight excluding hydrogens is 183 g/mol. The highest BCUT2D eigenvalue weighted by molar-refractivity contribution is 5.30. The Balaban J connectivity index is 2.46. The minimum Gasteiger partial charge on any atom is -0.372 e. The number of nitrogens with one attached hydrogen (secondary N) is 1. The van der Waals surface area contributed by atoms with Gasteiger partial charge in [-0.15, -0.1) is 0 Å². The van der Waals surface area contributed by atoms with Crippen LogP contribution < -0.4 is 5.32 Å². The van der Waals surface area contributed by atoms with Crippen molar-refractivity contribution >= 4 is 5.82 Å². The molecule has 1 N–H and O–H groups in total. The van der Waals surface area contributed by atoms with Crippen molar-refractivity contribution in [1.29, 1.82) is 0 Å². The Bertz CT molecular complexity index is 266. The standard InChI is InChI=1S/C7H10F3N3/c1-11-6-2-4-13(12-6)5-3-7(8,9)10/h2,4H,3,5H2,1H3,(H,11,12). The van der Waals surface area contributed by atoms with E-state index in [-0.39, 0.29) is 6.54 Å². The van der Waals surface area contributed by atoms with Gasteiger partial charge in [-0.3, -0.25) is 4.68 Å². The van der Waals surface area contributed by atoms with Gasteiger partial charge in [-0.2, -0.15) is 18.3 Å². The largest absolute Gasteiger partial charge is 0.390 e. The van der Waals surface area contributed by atoms with E-state index >= 15 is 0 Å². The fourth-order valence-corrected chi connectivity index (χ4v) is 0.861. The van der Waals surface area contributed by atoms with E-state index in [9.17, 15) is 13.2 Å². The predicted octanol–water partition coefficient (Wildman–Crippen LogP) is 1.88. The zero-order valence-electron chi connectivity index (χ0n) is 7.10. The van der Waals surface area contributed by atoms with Gasteiger partial charge in [0.05, 0.1) is 6.42 Å². The molecule has 3 nitrogen and oxygen atoms in total. The molecule has 0 aliphatic heterocycles. The summed E-state index contributed by atoms with van der Waals surface area (Å²) in [5, 5.41) is 6.57. The van der Waals surface area contributed by atoms with Gasteiger partial charge in [0.15, 0.2) is 0 Å². The number of anilines is 1. The lowest BCUT2D eigenvalue weighted by Crippen LogP contribution is -2.12. The summed E-state index contributed by atoms with van der Waals surface area (Å²) in [5.74, 6) is 0.571. The monoisotopic (exact) mass is 193 g/mol. The summed E-state index contributed by atoms with van der Waals surface area (Å²) < 4.78 is 36.6. The molecular formula is C7H10F3N3. The Kier molecular flexibility index (Phi) is 2.79. The van der Waals surface area contributed by atoms with Crippen LogP contribution in [0.15, 0.2) is 12.3 Å². The van der Waals surface area contributed by atoms with Crippen molar-refractivity contribution in [2.45, 2.75) is 19.1 Å². The van der Waals surface area contributed by atoms with Gasteiger partial charge in [-0.1, -0.05) is 0 Å². The lowest BCUT2D eigenvalue weighted by molar-refractivity contribution is -0.137. The van der Waals surface area contributed by atoms with Gasteiger partial charge in [0.2, 0.25) is 0 Å². The van der Waals surface area contributed by atoms with Crippen LogP contribution in [-0.2, 0) is 6.54 Å². The van der Waals surface area contributed by atoms with Crippen molar-refractivity contribution in [2.24, 2.45) is 0 Å². The Morgan fingerprint density at radius 1 is 1.54 bits per heavy atom. The maximum absolute atomic E-state index is 11.8. The summed E-state index contributed by atoms with van der Waals surface area (Å²) in [6.07, 6.45) is -3.46. The predicted molar refractivity (Wildman–Crippen MR) is 42.4 cm³/mol. The van der Waals surface area contributed by atoms with Crippen LogP contribution in [0, 0.1) is 0 Å². The molecule has 0 unspecified atom stereocenters. The SMILES string of the molecule is CNc1ccn(CCC(F)(F)F)n1. The number of hydrogen-bond donors (Lipinski definition) is 1. The third-order valence-electron chi connectivity index (χ3n) is 1.52. The van der Waals surface area contributed by atoms with Crippen LogP contribution in [0.3, 0.4) is 0 Å². The smallest absolute Gasteiger partial charge is 0.372 e. The molecule has 1 aromatic heterocycles. The zero-order chi connectivity index (χ0) is 9.90. The number of hydrogen-bond acceptors (Lipinski definition) is 2. The van der Waals surface area contributed by atoms with Crippen LogP contribution in [-0.4, -0.2) is 23.0 Å². The first kappa shape index (κ1) is 9.88. The highest BCUT2D eigenvalue weighted by Crippen LogP contribution is 2.20. The second kappa shape index (κ2) is 3.68. The maximum Gasteiger partial charge on any atom is 0.390 e. The molecule has 6 heteroatoms. The highest BCUT2D eigenvalue weighted by atomic mass is 19.4.